The van der Waals surface area contributed by atoms with Crippen molar-refractivity contribution >= 4 is 11.8 Å². The van der Waals surface area contributed by atoms with Crippen molar-refractivity contribution in [3.8, 4) is 0 Å². The number of aromatic nitrogens is 2. The monoisotopic (exact) mass is 225 g/mol. The van der Waals surface area contributed by atoms with Crippen LogP contribution in [0.2, 0.25) is 0 Å². The number of hydrogen-bond acceptors (Lipinski definition) is 3. The van der Waals surface area contributed by atoms with Gasteiger partial charge in [-0.25, -0.2) is 4.98 Å². The fraction of sp³-hybridized carbons (Fsp3) is 0.727. The molecule has 1 aliphatic heterocycles. The summed E-state index contributed by atoms with van der Waals surface area (Å²) in [6.45, 7) is 3.42. The molecule has 1 aliphatic rings. The fourth-order valence-corrected chi connectivity index (χ4v) is 3.14. The third-order valence-corrected chi connectivity index (χ3v) is 4.13. The van der Waals surface area contributed by atoms with E-state index in [2.05, 4.69) is 34.0 Å². The summed E-state index contributed by atoms with van der Waals surface area (Å²) >= 11 is 2.08. The molecule has 84 valence electrons. The van der Waals surface area contributed by atoms with Gasteiger partial charge in [0, 0.05) is 35.9 Å². The second kappa shape index (κ2) is 5.56. The Kier molecular flexibility index (Phi) is 4.09. The second-order valence-electron chi connectivity index (χ2n) is 4.17. The molecular formula is C11H19N3S. The summed E-state index contributed by atoms with van der Waals surface area (Å²) in [5, 5.41) is 4.45. The van der Waals surface area contributed by atoms with Crippen LogP contribution in [-0.4, -0.2) is 33.6 Å². The van der Waals surface area contributed by atoms with Crippen LogP contribution in [0.25, 0.3) is 0 Å². The lowest BCUT2D eigenvalue weighted by Gasteiger charge is -2.10. The molecule has 0 saturated carbocycles. The highest BCUT2D eigenvalue weighted by molar-refractivity contribution is 8.00. The standard InChI is InChI=1S/C11H19N3S/c1-9-7-10(8-15-9)12-4-2-3-11-13-5-6-14-11/h5-6,9-10,12H,2-4,7-8H2,1H3,(H,13,14). The molecule has 0 aromatic carbocycles. The second-order valence-corrected chi connectivity index (χ2v) is 5.64. The summed E-state index contributed by atoms with van der Waals surface area (Å²) in [6, 6.07) is 0.738. The van der Waals surface area contributed by atoms with Crippen molar-refractivity contribution in [2.24, 2.45) is 0 Å². The summed E-state index contributed by atoms with van der Waals surface area (Å²) in [4.78, 5) is 7.34. The molecule has 0 spiro atoms. The van der Waals surface area contributed by atoms with E-state index < -0.39 is 0 Å². The molecule has 2 unspecified atom stereocenters. The lowest BCUT2D eigenvalue weighted by molar-refractivity contribution is 0.526. The zero-order valence-corrected chi connectivity index (χ0v) is 10.0. The Labute approximate surface area is 95.4 Å². The summed E-state index contributed by atoms with van der Waals surface area (Å²) in [5.74, 6) is 2.38. The van der Waals surface area contributed by atoms with E-state index in [1.165, 1.54) is 18.6 Å². The van der Waals surface area contributed by atoms with Gasteiger partial charge >= 0.3 is 0 Å². The highest BCUT2D eigenvalue weighted by Crippen LogP contribution is 2.25. The number of rotatable bonds is 5. The number of aryl methyl sites for hydroxylation is 1. The van der Waals surface area contributed by atoms with Crippen LogP contribution in [-0.2, 0) is 6.42 Å². The van der Waals surface area contributed by atoms with Gasteiger partial charge in [0.1, 0.15) is 5.82 Å². The van der Waals surface area contributed by atoms with Crippen LogP contribution in [0, 0.1) is 0 Å². The van der Waals surface area contributed by atoms with Crippen molar-refractivity contribution in [1.29, 1.82) is 0 Å². The number of H-pyrrole nitrogens is 1. The van der Waals surface area contributed by atoms with Gasteiger partial charge in [0.15, 0.2) is 0 Å². The molecule has 4 heteroatoms. The van der Waals surface area contributed by atoms with Crippen molar-refractivity contribution in [2.45, 2.75) is 37.5 Å². The van der Waals surface area contributed by atoms with E-state index >= 15 is 0 Å². The molecule has 0 bridgehead atoms. The Bertz CT molecular complexity index is 273. The van der Waals surface area contributed by atoms with Crippen LogP contribution in [0.1, 0.15) is 25.6 Å². The molecule has 0 amide bonds. The average Bonchev–Trinajstić information content (AvgIpc) is 2.84. The van der Waals surface area contributed by atoms with E-state index in [1.54, 1.807) is 0 Å². The molecule has 0 aliphatic carbocycles. The number of imidazole rings is 1. The van der Waals surface area contributed by atoms with Gasteiger partial charge in [-0.3, -0.25) is 0 Å². The van der Waals surface area contributed by atoms with E-state index in [1.807, 2.05) is 12.4 Å². The predicted molar refractivity (Wildman–Crippen MR) is 65.2 cm³/mol. The van der Waals surface area contributed by atoms with Crippen LogP contribution in [0.3, 0.4) is 0 Å². The van der Waals surface area contributed by atoms with Crippen molar-refractivity contribution in [3.05, 3.63) is 18.2 Å². The van der Waals surface area contributed by atoms with Gasteiger partial charge < -0.3 is 10.3 Å². The Balaban J connectivity index is 1.55. The number of hydrogen-bond donors (Lipinski definition) is 2. The van der Waals surface area contributed by atoms with Crippen molar-refractivity contribution in [1.82, 2.24) is 15.3 Å². The molecule has 1 saturated heterocycles. The minimum absolute atomic E-state index is 0.738. The third kappa shape index (κ3) is 3.54. The molecule has 1 aromatic heterocycles. The van der Waals surface area contributed by atoms with Crippen LogP contribution < -0.4 is 5.32 Å². The molecule has 3 nitrogen and oxygen atoms in total. The highest BCUT2D eigenvalue weighted by atomic mass is 32.2. The molecule has 2 heterocycles. The van der Waals surface area contributed by atoms with E-state index in [-0.39, 0.29) is 0 Å². The van der Waals surface area contributed by atoms with Crippen molar-refractivity contribution < 1.29 is 0 Å². The van der Waals surface area contributed by atoms with Gasteiger partial charge in [-0.1, -0.05) is 6.92 Å². The molecule has 2 rings (SSSR count). The normalized spacial score (nSPS) is 25.9. The van der Waals surface area contributed by atoms with E-state index in [0.717, 1.165) is 30.1 Å². The third-order valence-electron chi connectivity index (χ3n) is 2.78. The Morgan fingerprint density at radius 1 is 1.67 bits per heavy atom. The molecule has 1 fully saturated rings. The SMILES string of the molecule is CC1CC(NCCCc2ncc[nH]2)CS1. The topological polar surface area (TPSA) is 40.7 Å². The predicted octanol–water partition coefficient (Wildman–Crippen LogP) is 1.83. The molecule has 1 aromatic rings. The lowest BCUT2D eigenvalue weighted by atomic mass is 10.2. The molecule has 2 N–H and O–H groups in total. The van der Waals surface area contributed by atoms with Gasteiger partial charge in [-0.15, -0.1) is 0 Å². The smallest absolute Gasteiger partial charge is 0.106 e. The zero-order valence-electron chi connectivity index (χ0n) is 9.20. The van der Waals surface area contributed by atoms with Crippen LogP contribution in [0.4, 0.5) is 0 Å². The molecule has 0 radical (unpaired) electrons. The fourth-order valence-electron chi connectivity index (χ4n) is 1.96. The van der Waals surface area contributed by atoms with E-state index in [9.17, 15) is 0 Å². The van der Waals surface area contributed by atoms with Gasteiger partial charge in [-0.05, 0) is 19.4 Å². The summed E-state index contributed by atoms with van der Waals surface area (Å²) in [7, 11) is 0. The summed E-state index contributed by atoms with van der Waals surface area (Å²) in [6.07, 6.45) is 7.25. The number of nitrogens with zero attached hydrogens (tertiary/aromatic N) is 1. The Morgan fingerprint density at radius 3 is 3.27 bits per heavy atom. The molecule has 2 atom stereocenters. The first kappa shape index (κ1) is 11.0. The van der Waals surface area contributed by atoms with Crippen LogP contribution in [0.5, 0.6) is 0 Å². The molecular weight excluding hydrogens is 206 g/mol. The maximum absolute atomic E-state index is 4.21. The lowest BCUT2D eigenvalue weighted by Crippen LogP contribution is -2.30. The molecule has 15 heavy (non-hydrogen) atoms. The van der Waals surface area contributed by atoms with Crippen LogP contribution >= 0.6 is 11.8 Å². The average molecular weight is 225 g/mol. The Hall–Kier alpha value is -0.480. The Morgan fingerprint density at radius 2 is 2.60 bits per heavy atom. The van der Waals surface area contributed by atoms with Crippen molar-refractivity contribution in [2.75, 3.05) is 12.3 Å². The quantitative estimate of drug-likeness (QED) is 0.751. The van der Waals surface area contributed by atoms with Gasteiger partial charge in [0.25, 0.3) is 0 Å². The van der Waals surface area contributed by atoms with Gasteiger partial charge in [-0.2, -0.15) is 11.8 Å². The highest BCUT2D eigenvalue weighted by Gasteiger charge is 2.20. The largest absolute Gasteiger partial charge is 0.349 e. The van der Waals surface area contributed by atoms with E-state index in [0.29, 0.717) is 0 Å². The zero-order chi connectivity index (χ0) is 10.5. The maximum atomic E-state index is 4.21. The number of aromatic amines is 1. The van der Waals surface area contributed by atoms with Crippen LogP contribution in [0.15, 0.2) is 12.4 Å². The number of thioether (sulfide) groups is 1. The van der Waals surface area contributed by atoms with E-state index in [4.69, 9.17) is 0 Å². The van der Waals surface area contributed by atoms with Gasteiger partial charge in [0.2, 0.25) is 0 Å². The first-order valence-electron chi connectivity index (χ1n) is 5.68. The number of nitrogens with one attached hydrogen (secondary N) is 2. The summed E-state index contributed by atoms with van der Waals surface area (Å²) < 4.78 is 0. The maximum Gasteiger partial charge on any atom is 0.106 e. The first-order valence-corrected chi connectivity index (χ1v) is 6.72. The minimum atomic E-state index is 0.738. The van der Waals surface area contributed by atoms with Crippen molar-refractivity contribution in [3.63, 3.8) is 0 Å². The summed E-state index contributed by atoms with van der Waals surface area (Å²) in [5.41, 5.74) is 0. The first-order chi connectivity index (χ1) is 7.34. The van der Waals surface area contributed by atoms with Gasteiger partial charge in [0.05, 0.1) is 0 Å². The minimum Gasteiger partial charge on any atom is -0.349 e.